The maximum atomic E-state index is 5.96. The molecule has 3 unspecified atom stereocenters. The topological polar surface area (TPSA) is 45.8 Å². The van der Waals surface area contributed by atoms with Crippen LogP contribution in [0, 0.1) is 5.41 Å². The van der Waals surface area contributed by atoms with Crippen molar-refractivity contribution in [3.63, 3.8) is 0 Å². The van der Waals surface area contributed by atoms with Gasteiger partial charge in [-0.25, -0.2) is 0 Å². The van der Waals surface area contributed by atoms with E-state index in [1.807, 2.05) is 0 Å². The molecule has 126 valence electrons. The van der Waals surface area contributed by atoms with E-state index in [1.54, 1.807) is 0 Å². The molecule has 0 radical (unpaired) electrons. The van der Waals surface area contributed by atoms with Gasteiger partial charge in [0.05, 0.1) is 23.6 Å². The van der Waals surface area contributed by atoms with E-state index in [0.29, 0.717) is 31.0 Å². The molecule has 1 heterocycles. The maximum absolute atomic E-state index is 5.96. The number of ether oxygens (including phenoxy) is 2. The van der Waals surface area contributed by atoms with Crippen LogP contribution >= 0.6 is 22.6 Å². The Hall–Kier alpha value is 0.570. The average molecular weight is 412 g/mol. The lowest BCUT2D eigenvalue weighted by Gasteiger charge is -2.22. The van der Waals surface area contributed by atoms with Crippen molar-refractivity contribution in [1.82, 2.24) is 10.6 Å². The third kappa shape index (κ3) is 8.11. The van der Waals surface area contributed by atoms with Crippen molar-refractivity contribution >= 4 is 22.6 Å². The molecule has 0 spiro atoms. The van der Waals surface area contributed by atoms with Crippen molar-refractivity contribution < 1.29 is 9.47 Å². The van der Waals surface area contributed by atoms with Crippen LogP contribution in [0.1, 0.15) is 53.9 Å². The van der Waals surface area contributed by atoms with Gasteiger partial charge in [0.15, 0.2) is 0 Å². The molecule has 2 N–H and O–H groups in total. The highest BCUT2D eigenvalue weighted by atomic mass is 127. The fourth-order valence-electron chi connectivity index (χ4n) is 2.69. The SMILES string of the molecule is CC(C)NC(CCCCNCOCI)C1OC1C(C)(C)C. The molecule has 3 atom stereocenters. The summed E-state index contributed by atoms with van der Waals surface area (Å²) in [6.45, 7) is 12.9. The molecule has 0 amide bonds. The number of halogens is 1. The summed E-state index contributed by atoms with van der Waals surface area (Å²) in [6.07, 6.45) is 4.39. The first-order chi connectivity index (χ1) is 9.86. The van der Waals surface area contributed by atoms with E-state index in [9.17, 15) is 0 Å². The minimum Gasteiger partial charge on any atom is -0.367 e. The van der Waals surface area contributed by atoms with Crippen LogP contribution in [0.15, 0.2) is 0 Å². The van der Waals surface area contributed by atoms with E-state index >= 15 is 0 Å². The fraction of sp³-hybridized carbons (Fsp3) is 1.00. The van der Waals surface area contributed by atoms with Gasteiger partial charge in [0, 0.05) is 12.1 Å². The lowest BCUT2D eigenvalue weighted by molar-refractivity contribution is 0.168. The molecule has 21 heavy (non-hydrogen) atoms. The van der Waals surface area contributed by atoms with Gasteiger partial charge in [-0.15, -0.1) is 0 Å². The second-order valence-electron chi connectivity index (χ2n) is 7.27. The number of alkyl halides is 1. The van der Waals surface area contributed by atoms with E-state index in [-0.39, 0.29) is 5.41 Å². The Balaban J connectivity index is 2.23. The highest BCUT2D eigenvalue weighted by Gasteiger charge is 2.50. The van der Waals surface area contributed by atoms with Crippen LogP contribution in [-0.4, -0.2) is 42.2 Å². The van der Waals surface area contributed by atoms with Gasteiger partial charge in [0.25, 0.3) is 0 Å². The second-order valence-corrected chi connectivity index (χ2v) is 7.89. The molecule has 0 bridgehead atoms. The summed E-state index contributed by atoms with van der Waals surface area (Å²) in [5.41, 5.74) is 0.250. The molecule has 1 aliphatic heterocycles. The minimum absolute atomic E-state index is 0.250. The molecule has 0 saturated carbocycles. The van der Waals surface area contributed by atoms with E-state index in [1.165, 1.54) is 19.3 Å². The Kier molecular flexibility index (Phi) is 9.02. The van der Waals surface area contributed by atoms with Crippen LogP contribution in [0.2, 0.25) is 0 Å². The zero-order valence-electron chi connectivity index (χ0n) is 14.2. The van der Waals surface area contributed by atoms with Crippen molar-refractivity contribution in [2.24, 2.45) is 5.41 Å². The van der Waals surface area contributed by atoms with E-state index in [4.69, 9.17) is 9.47 Å². The van der Waals surface area contributed by atoms with E-state index < -0.39 is 0 Å². The molecule has 0 aromatic heterocycles. The number of epoxide rings is 1. The molecule has 1 rings (SSSR count). The Morgan fingerprint density at radius 3 is 2.48 bits per heavy atom. The quantitative estimate of drug-likeness (QED) is 0.180. The lowest BCUT2D eigenvalue weighted by Crippen LogP contribution is -2.40. The predicted octanol–water partition coefficient (Wildman–Crippen LogP) is 3.29. The van der Waals surface area contributed by atoms with Crippen molar-refractivity contribution in [3.8, 4) is 0 Å². The normalized spacial score (nSPS) is 23.6. The Bertz CT molecular complexity index is 282. The van der Waals surface area contributed by atoms with Crippen LogP contribution in [0.25, 0.3) is 0 Å². The molecule has 0 aromatic rings. The monoisotopic (exact) mass is 412 g/mol. The van der Waals surface area contributed by atoms with Gasteiger partial charge < -0.3 is 14.8 Å². The Labute approximate surface area is 144 Å². The number of nitrogens with one attached hydrogen (secondary N) is 2. The van der Waals surface area contributed by atoms with Gasteiger partial charge in [0.2, 0.25) is 0 Å². The number of hydrogen-bond acceptors (Lipinski definition) is 4. The minimum atomic E-state index is 0.250. The summed E-state index contributed by atoms with van der Waals surface area (Å²) >= 11 is 2.21. The first kappa shape index (κ1) is 19.6. The van der Waals surface area contributed by atoms with Crippen LogP contribution in [0.3, 0.4) is 0 Å². The standard InChI is InChI=1S/C16H33IN2O2/c1-12(2)19-13(14-15(21-14)16(3,4)5)8-6-7-9-18-11-20-10-17/h12-15,18-19H,6-11H2,1-5H3. The smallest absolute Gasteiger partial charge is 0.0999 e. The highest BCUT2D eigenvalue weighted by molar-refractivity contribution is 14.1. The first-order valence-electron chi connectivity index (χ1n) is 8.12. The second kappa shape index (κ2) is 9.65. The number of hydrogen-bond donors (Lipinski definition) is 2. The van der Waals surface area contributed by atoms with Gasteiger partial charge in [-0.1, -0.05) is 63.6 Å². The van der Waals surface area contributed by atoms with Crippen molar-refractivity contribution in [3.05, 3.63) is 0 Å². The summed E-state index contributed by atoms with van der Waals surface area (Å²) in [6, 6.07) is 0.995. The van der Waals surface area contributed by atoms with Gasteiger partial charge in [-0.3, -0.25) is 5.32 Å². The molecule has 0 aromatic carbocycles. The van der Waals surface area contributed by atoms with Crippen LogP contribution in [0.5, 0.6) is 0 Å². The van der Waals surface area contributed by atoms with Crippen molar-refractivity contribution in [2.75, 3.05) is 17.9 Å². The molecule has 4 nitrogen and oxygen atoms in total. The Morgan fingerprint density at radius 2 is 1.95 bits per heavy atom. The maximum Gasteiger partial charge on any atom is 0.0999 e. The first-order valence-corrected chi connectivity index (χ1v) is 9.64. The van der Waals surface area contributed by atoms with Gasteiger partial charge in [0.1, 0.15) is 0 Å². The van der Waals surface area contributed by atoms with Crippen LogP contribution in [0.4, 0.5) is 0 Å². The van der Waals surface area contributed by atoms with Crippen LogP contribution in [-0.2, 0) is 9.47 Å². The zero-order chi connectivity index (χ0) is 15.9. The third-order valence-corrected chi connectivity index (χ3v) is 4.16. The van der Waals surface area contributed by atoms with Crippen molar-refractivity contribution in [1.29, 1.82) is 0 Å². The average Bonchev–Trinajstić information content (AvgIpc) is 3.15. The molecule has 1 fully saturated rings. The number of rotatable bonds is 11. The molecule has 5 heteroatoms. The summed E-state index contributed by atoms with van der Waals surface area (Å²) in [5.74, 6) is 0. The van der Waals surface area contributed by atoms with Gasteiger partial charge in [-0.05, 0) is 24.8 Å². The summed E-state index contributed by atoms with van der Waals surface area (Å²) in [4.78, 5) is 0. The number of unbranched alkanes of at least 4 members (excludes halogenated alkanes) is 1. The molecule has 1 saturated heterocycles. The zero-order valence-corrected chi connectivity index (χ0v) is 16.4. The predicted molar refractivity (Wildman–Crippen MR) is 96.9 cm³/mol. The molecule has 1 aliphatic rings. The molecule has 0 aliphatic carbocycles. The lowest BCUT2D eigenvalue weighted by atomic mass is 9.87. The van der Waals surface area contributed by atoms with E-state index in [2.05, 4.69) is 67.8 Å². The summed E-state index contributed by atoms with van der Waals surface area (Å²) in [5, 5.41) is 6.98. The summed E-state index contributed by atoms with van der Waals surface area (Å²) < 4.78 is 12.0. The van der Waals surface area contributed by atoms with Crippen molar-refractivity contribution in [2.45, 2.75) is 78.2 Å². The highest BCUT2D eigenvalue weighted by Crippen LogP contribution is 2.40. The van der Waals surface area contributed by atoms with E-state index in [0.717, 1.165) is 11.2 Å². The van der Waals surface area contributed by atoms with Crippen LogP contribution < -0.4 is 10.6 Å². The Morgan fingerprint density at radius 1 is 1.24 bits per heavy atom. The van der Waals surface area contributed by atoms with Gasteiger partial charge >= 0.3 is 0 Å². The largest absolute Gasteiger partial charge is 0.367 e. The molecular weight excluding hydrogens is 379 g/mol. The third-order valence-electron chi connectivity index (χ3n) is 3.72. The van der Waals surface area contributed by atoms with Gasteiger partial charge in [-0.2, -0.15) is 0 Å². The molecular formula is C16H33IN2O2. The summed E-state index contributed by atoms with van der Waals surface area (Å²) in [7, 11) is 0. The fourth-order valence-corrected chi connectivity index (χ4v) is 2.91.